The van der Waals surface area contributed by atoms with Crippen LogP contribution in [-0.4, -0.2) is 23.4 Å². The summed E-state index contributed by atoms with van der Waals surface area (Å²) in [6.07, 6.45) is 5.98. The van der Waals surface area contributed by atoms with Gasteiger partial charge in [0, 0.05) is 0 Å². The van der Waals surface area contributed by atoms with Gasteiger partial charge in [-0.05, 0) is 39.5 Å². The van der Waals surface area contributed by atoms with Gasteiger partial charge in [-0.2, -0.15) is 0 Å². The van der Waals surface area contributed by atoms with Gasteiger partial charge in [-0.3, -0.25) is 0 Å². The standard InChI is InChI=1S/C12H24O2/c1-12(2,3)14-9-11(13)10-7-5-4-6-8-10/h10-11,13H,4-9H2,1-3H3. The molecule has 0 aromatic heterocycles. The molecular formula is C12H24O2. The summed E-state index contributed by atoms with van der Waals surface area (Å²) in [6, 6.07) is 0. The van der Waals surface area contributed by atoms with Crippen molar-refractivity contribution in [2.45, 2.75) is 64.6 Å². The maximum atomic E-state index is 9.91. The van der Waals surface area contributed by atoms with Gasteiger partial charge in [-0.1, -0.05) is 19.3 Å². The third-order valence-electron chi connectivity index (χ3n) is 2.88. The third kappa shape index (κ3) is 4.43. The van der Waals surface area contributed by atoms with Gasteiger partial charge in [0.1, 0.15) is 0 Å². The average molecular weight is 200 g/mol. The minimum atomic E-state index is -0.255. The topological polar surface area (TPSA) is 29.5 Å². The van der Waals surface area contributed by atoms with E-state index in [0.29, 0.717) is 12.5 Å². The average Bonchev–Trinajstić information content (AvgIpc) is 2.14. The van der Waals surface area contributed by atoms with Crippen LogP contribution >= 0.6 is 0 Å². The van der Waals surface area contributed by atoms with Crippen molar-refractivity contribution in [3.05, 3.63) is 0 Å². The summed E-state index contributed by atoms with van der Waals surface area (Å²) in [6.45, 7) is 6.58. The Kier molecular flexibility index (Phi) is 4.39. The van der Waals surface area contributed by atoms with E-state index >= 15 is 0 Å². The first kappa shape index (κ1) is 12.0. The fourth-order valence-electron chi connectivity index (χ4n) is 1.99. The number of rotatable bonds is 3. The Labute approximate surface area is 87.7 Å². The molecule has 1 rings (SSSR count). The first-order valence-corrected chi connectivity index (χ1v) is 5.81. The van der Waals surface area contributed by atoms with Crippen LogP contribution in [0.15, 0.2) is 0 Å². The van der Waals surface area contributed by atoms with E-state index < -0.39 is 0 Å². The fourth-order valence-corrected chi connectivity index (χ4v) is 1.99. The lowest BCUT2D eigenvalue weighted by atomic mass is 9.85. The zero-order valence-corrected chi connectivity index (χ0v) is 9.75. The van der Waals surface area contributed by atoms with Gasteiger partial charge in [-0.25, -0.2) is 0 Å². The van der Waals surface area contributed by atoms with Crippen molar-refractivity contribution in [1.29, 1.82) is 0 Å². The Bertz CT molecular complexity index is 154. The first-order chi connectivity index (χ1) is 6.49. The van der Waals surface area contributed by atoms with Crippen LogP contribution in [0.25, 0.3) is 0 Å². The predicted octanol–water partition coefficient (Wildman–Crippen LogP) is 2.74. The summed E-state index contributed by atoms with van der Waals surface area (Å²) in [5.41, 5.74) is -0.129. The molecule has 84 valence electrons. The largest absolute Gasteiger partial charge is 0.390 e. The second-order valence-corrected chi connectivity index (χ2v) is 5.39. The van der Waals surface area contributed by atoms with Crippen LogP contribution in [0.2, 0.25) is 0 Å². The molecule has 0 bridgehead atoms. The lowest BCUT2D eigenvalue weighted by Gasteiger charge is -2.29. The zero-order chi connectivity index (χ0) is 10.6. The number of aliphatic hydroxyl groups excluding tert-OH is 1. The van der Waals surface area contributed by atoms with Crippen LogP contribution in [0.4, 0.5) is 0 Å². The van der Waals surface area contributed by atoms with E-state index in [9.17, 15) is 5.11 Å². The van der Waals surface area contributed by atoms with Gasteiger partial charge in [0.2, 0.25) is 0 Å². The van der Waals surface area contributed by atoms with Gasteiger partial charge in [0.25, 0.3) is 0 Å². The molecule has 0 radical (unpaired) electrons. The molecule has 0 saturated heterocycles. The van der Waals surface area contributed by atoms with Gasteiger partial charge in [0.05, 0.1) is 18.3 Å². The number of aliphatic hydroxyl groups is 1. The van der Waals surface area contributed by atoms with Gasteiger partial charge in [-0.15, -0.1) is 0 Å². The second-order valence-electron chi connectivity index (χ2n) is 5.39. The molecule has 0 heterocycles. The highest BCUT2D eigenvalue weighted by molar-refractivity contribution is 4.74. The predicted molar refractivity (Wildman–Crippen MR) is 58.3 cm³/mol. The maximum absolute atomic E-state index is 9.91. The Morgan fingerprint density at radius 1 is 1.21 bits per heavy atom. The molecule has 14 heavy (non-hydrogen) atoms. The molecule has 1 saturated carbocycles. The lowest BCUT2D eigenvalue weighted by molar-refractivity contribution is -0.0688. The summed E-state index contributed by atoms with van der Waals surface area (Å²) in [4.78, 5) is 0. The van der Waals surface area contributed by atoms with E-state index in [4.69, 9.17) is 4.74 Å². The molecule has 0 aromatic rings. The molecule has 1 fully saturated rings. The van der Waals surface area contributed by atoms with E-state index in [-0.39, 0.29) is 11.7 Å². The van der Waals surface area contributed by atoms with E-state index in [2.05, 4.69) is 0 Å². The van der Waals surface area contributed by atoms with Crippen LogP contribution in [0.3, 0.4) is 0 Å². The van der Waals surface area contributed by atoms with Gasteiger partial charge >= 0.3 is 0 Å². The van der Waals surface area contributed by atoms with Crippen LogP contribution in [-0.2, 0) is 4.74 Å². The normalized spacial score (nSPS) is 22.3. The summed E-state index contributed by atoms with van der Waals surface area (Å²) >= 11 is 0. The van der Waals surface area contributed by atoms with Crippen molar-refractivity contribution in [1.82, 2.24) is 0 Å². The highest BCUT2D eigenvalue weighted by atomic mass is 16.5. The first-order valence-electron chi connectivity index (χ1n) is 5.81. The molecule has 1 aliphatic rings. The second kappa shape index (κ2) is 5.13. The monoisotopic (exact) mass is 200 g/mol. The SMILES string of the molecule is CC(C)(C)OCC(O)C1CCCCC1. The van der Waals surface area contributed by atoms with Crippen molar-refractivity contribution >= 4 is 0 Å². The van der Waals surface area contributed by atoms with Gasteiger partial charge < -0.3 is 9.84 Å². The van der Waals surface area contributed by atoms with E-state index in [0.717, 1.165) is 0 Å². The molecule has 2 heteroatoms. The Morgan fingerprint density at radius 3 is 2.29 bits per heavy atom. The van der Waals surface area contributed by atoms with Crippen molar-refractivity contribution in [3.8, 4) is 0 Å². The Balaban J connectivity index is 2.23. The fraction of sp³-hybridized carbons (Fsp3) is 1.00. The molecular weight excluding hydrogens is 176 g/mol. The number of hydrogen-bond donors (Lipinski definition) is 1. The van der Waals surface area contributed by atoms with Crippen LogP contribution in [0, 0.1) is 5.92 Å². The molecule has 1 atom stereocenters. The smallest absolute Gasteiger partial charge is 0.0802 e. The van der Waals surface area contributed by atoms with Gasteiger partial charge in [0.15, 0.2) is 0 Å². The summed E-state index contributed by atoms with van der Waals surface area (Å²) in [5.74, 6) is 0.478. The van der Waals surface area contributed by atoms with E-state index in [1.807, 2.05) is 20.8 Å². The minimum Gasteiger partial charge on any atom is -0.390 e. The molecule has 0 aliphatic heterocycles. The Morgan fingerprint density at radius 2 is 1.79 bits per heavy atom. The number of hydrogen-bond acceptors (Lipinski definition) is 2. The lowest BCUT2D eigenvalue weighted by Crippen LogP contribution is -2.32. The van der Waals surface area contributed by atoms with Crippen molar-refractivity contribution < 1.29 is 9.84 Å². The summed E-state index contributed by atoms with van der Waals surface area (Å²) in [5, 5.41) is 9.91. The summed E-state index contributed by atoms with van der Waals surface area (Å²) in [7, 11) is 0. The quantitative estimate of drug-likeness (QED) is 0.759. The van der Waals surface area contributed by atoms with Crippen molar-refractivity contribution in [2.75, 3.05) is 6.61 Å². The Hall–Kier alpha value is -0.0800. The third-order valence-corrected chi connectivity index (χ3v) is 2.88. The molecule has 2 nitrogen and oxygen atoms in total. The zero-order valence-electron chi connectivity index (χ0n) is 9.75. The summed E-state index contributed by atoms with van der Waals surface area (Å²) < 4.78 is 5.59. The van der Waals surface area contributed by atoms with Crippen LogP contribution < -0.4 is 0 Å². The van der Waals surface area contributed by atoms with Crippen LogP contribution in [0.5, 0.6) is 0 Å². The maximum Gasteiger partial charge on any atom is 0.0802 e. The molecule has 1 unspecified atom stereocenters. The van der Waals surface area contributed by atoms with Crippen molar-refractivity contribution in [3.63, 3.8) is 0 Å². The van der Waals surface area contributed by atoms with E-state index in [1.165, 1.54) is 32.1 Å². The van der Waals surface area contributed by atoms with Crippen LogP contribution in [0.1, 0.15) is 52.9 Å². The molecule has 0 spiro atoms. The highest BCUT2D eigenvalue weighted by Gasteiger charge is 2.23. The molecule has 1 aliphatic carbocycles. The van der Waals surface area contributed by atoms with E-state index in [1.54, 1.807) is 0 Å². The highest BCUT2D eigenvalue weighted by Crippen LogP contribution is 2.27. The minimum absolute atomic E-state index is 0.129. The molecule has 0 amide bonds. The number of ether oxygens (including phenoxy) is 1. The molecule has 1 N–H and O–H groups in total. The molecule has 0 aromatic carbocycles. The van der Waals surface area contributed by atoms with Crippen molar-refractivity contribution in [2.24, 2.45) is 5.92 Å².